The predicted molar refractivity (Wildman–Crippen MR) is 111 cm³/mol. The summed E-state index contributed by atoms with van der Waals surface area (Å²) < 4.78 is 41.5. The number of amides is 1. The van der Waals surface area contributed by atoms with Gasteiger partial charge in [-0.15, -0.1) is 0 Å². The third kappa shape index (κ3) is 4.21. The van der Waals surface area contributed by atoms with Crippen molar-refractivity contribution in [2.24, 2.45) is 11.8 Å². The van der Waals surface area contributed by atoms with Gasteiger partial charge in [0, 0.05) is 36.4 Å². The largest absolute Gasteiger partial charge is 0.394 e. The number of hydrogen-bond donors (Lipinski definition) is 1. The molecule has 2 unspecified atom stereocenters. The van der Waals surface area contributed by atoms with Crippen molar-refractivity contribution >= 4 is 34.1 Å². The molecule has 9 heteroatoms. The highest BCUT2D eigenvalue weighted by Crippen LogP contribution is 2.41. The van der Waals surface area contributed by atoms with E-state index in [4.69, 9.17) is 11.6 Å². The van der Waals surface area contributed by atoms with Crippen molar-refractivity contribution in [1.82, 2.24) is 15.2 Å². The molecule has 2 aliphatic heterocycles. The molecule has 0 saturated carbocycles. The van der Waals surface area contributed by atoms with Crippen LogP contribution in [0.15, 0.2) is 30.5 Å². The Balaban J connectivity index is 1.58. The van der Waals surface area contributed by atoms with Crippen LogP contribution in [0.1, 0.15) is 12.8 Å². The zero-order valence-electron chi connectivity index (χ0n) is 16.6. The first-order chi connectivity index (χ1) is 14.2. The van der Waals surface area contributed by atoms with Gasteiger partial charge in [-0.05, 0) is 57.2 Å². The summed E-state index contributed by atoms with van der Waals surface area (Å²) in [5.41, 5.74) is 1.16. The molecule has 0 aliphatic carbocycles. The summed E-state index contributed by atoms with van der Waals surface area (Å²) in [5.74, 6) is -3.37. The number of halogens is 4. The first-order valence-corrected chi connectivity index (χ1v) is 10.5. The summed E-state index contributed by atoms with van der Waals surface area (Å²) in [7, 11) is 2.00. The molecule has 5 nitrogen and oxygen atoms in total. The molecule has 2 saturated heterocycles. The molecule has 0 radical (unpaired) electrons. The van der Waals surface area contributed by atoms with Gasteiger partial charge >= 0.3 is 6.18 Å². The molecule has 162 valence electrons. The van der Waals surface area contributed by atoms with Crippen molar-refractivity contribution in [1.29, 1.82) is 0 Å². The molecule has 1 aromatic heterocycles. The van der Waals surface area contributed by atoms with Gasteiger partial charge < -0.3 is 15.1 Å². The van der Waals surface area contributed by atoms with E-state index < -0.39 is 23.9 Å². The Morgan fingerprint density at radius 1 is 1.20 bits per heavy atom. The minimum Gasteiger partial charge on any atom is -0.370 e. The lowest BCUT2D eigenvalue weighted by atomic mass is 9.93. The fourth-order valence-electron chi connectivity index (χ4n) is 4.46. The van der Waals surface area contributed by atoms with Gasteiger partial charge in [-0.1, -0.05) is 11.6 Å². The van der Waals surface area contributed by atoms with Crippen LogP contribution in [0.4, 0.5) is 18.9 Å². The van der Waals surface area contributed by atoms with Gasteiger partial charge in [-0.3, -0.25) is 9.78 Å². The summed E-state index contributed by atoms with van der Waals surface area (Å²) in [6.07, 6.45) is -1.35. The molecule has 2 aromatic rings. The van der Waals surface area contributed by atoms with Crippen molar-refractivity contribution in [3.63, 3.8) is 0 Å². The van der Waals surface area contributed by atoms with Gasteiger partial charge in [0.1, 0.15) is 0 Å². The fourth-order valence-corrected chi connectivity index (χ4v) is 4.67. The minimum absolute atomic E-state index is 0.00819. The van der Waals surface area contributed by atoms with E-state index in [1.54, 1.807) is 35.4 Å². The number of alkyl halides is 3. The Kier molecular flexibility index (Phi) is 5.81. The molecule has 3 heterocycles. The summed E-state index contributed by atoms with van der Waals surface area (Å²) >= 11 is 6.21. The van der Waals surface area contributed by atoms with Crippen molar-refractivity contribution < 1.29 is 18.0 Å². The number of likely N-dealkylation sites (tertiary alicyclic amines) is 1. The number of carbonyl (C=O) groups is 1. The normalized spacial score (nSPS) is 23.8. The molecule has 2 atom stereocenters. The van der Waals surface area contributed by atoms with Crippen LogP contribution in [0.25, 0.3) is 10.9 Å². The molecule has 2 fully saturated rings. The Bertz CT molecular complexity index is 930. The topological polar surface area (TPSA) is 48.5 Å². The van der Waals surface area contributed by atoms with E-state index in [1.807, 2.05) is 7.05 Å². The molecule has 1 aromatic carbocycles. The van der Waals surface area contributed by atoms with Gasteiger partial charge in [0.25, 0.3) is 0 Å². The summed E-state index contributed by atoms with van der Waals surface area (Å²) in [4.78, 5) is 20.9. The summed E-state index contributed by atoms with van der Waals surface area (Å²) in [6, 6.07) is 6.79. The second kappa shape index (κ2) is 8.23. The van der Waals surface area contributed by atoms with Crippen LogP contribution in [0.2, 0.25) is 5.02 Å². The maximum Gasteiger partial charge on any atom is 0.394 e. The standard InChI is InChI=1S/C21H24ClF3N4O/c1-28-9-6-13(7-10-28)27-20(30)15-11-29(12-16(15)21(23,24)25)18-5-4-17(22)19-14(18)3-2-8-26-19/h2-5,8,13,15-16H,6-7,9-12H2,1H3,(H,27,30). The van der Waals surface area contributed by atoms with Crippen LogP contribution in [0.5, 0.6) is 0 Å². The third-order valence-corrected chi connectivity index (χ3v) is 6.49. The van der Waals surface area contributed by atoms with Crippen LogP contribution >= 0.6 is 11.6 Å². The van der Waals surface area contributed by atoms with Crippen LogP contribution in [-0.2, 0) is 4.79 Å². The predicted octanol–water partition coefficient (Wildman–Crippen LogP) is 3.71. The lowest BCUT2D eigenvalue weighted by Gasteiger charge is -2.31. The monoisotopic (exact) mass is 440 g/mol. The average molecular weight is 441 g/mol. The van der Waals surface area contributed by atoms with E-state index in [1.165, 1.54) is 0 Å². The van der Waals surface area contributed by atoms with Gasteiger partial charge in [0.15, 0.2) is 0 Å². The van der Waals surface area contributed by atoms with Gasteiger partial charge in [-0.2, -0.15) is 13.2 Å². The zero-order valence-corrected chi connectivity index (χ0v) is 17.4. The van der Waals surface area contributed by atoms with Crippen molar-refractivity contribution in [2.75, 3.05) is 38.1 Å². The number of nitrogens with one attached hydrogen (secondary N) is 1. The number of benzene rings is 1. The van der Waals surface area contributed by atoms with E-state index in [2.05, 4.69) is 15.2 Å². The molecule has 0 spiro atoms. The Morgan fingerprint density at radius 2 is 1.93 bits per heavy atom. The molecular weight excluding hydrogens is 417 g/mol. The smallest absolute Gasteiger partial charge is 0.370 e. The van der Waals surface area contributed by atoms with E-state index in [9.17, 15) is 18.0 Å². The number of aromatic nitrogens is 1. The molecule has 30 heavy (non-hydrogen) atoms. The van der Waals surface area contributed by atoms with Gasteiger partial charge in [0.05, 0.1) is 22.4 Å². The number of anilines is 1. The van der Waals surface area contributed by atoms with E-state index in [-0.39, 0.29) is 19.1 Å². The quantitative estimate of drug-likeness (QED) is 0.790. The zero-order chi connectivity index (χ0) is 21.5. The number of pyridine rings is 1. The lowest BCUT2D eigenvalue weighted by Crippen LogP contribution is -2.48. The first kappa shape index (κ1) is 21.2. The minimum atomic E-state index is -4.45. The highest BCUT2D eigenvalue weighted by molar-refractivity contribution is 6.35. The summed E-state index contributed by atoms with van der Waals surface area (Å²) in [6.45, 7) is 1.40. The summed E-state index contributed by atoms with van der Waals surface area (Å²) in [5, 5.41) is 4.00. The fraction of sp³-hybridized carbons (Fsp3) is 0.524. The molecule has 1 amide bonds. The van der Waals surface area contributed by atoms with E-state index >= 15 is 0 Å². The van der Waals surface area contributed by atoms with Gasteiger partial charge in [-0.25, -0.2) is 0 Å². The van der Waals surface area contributed by atoms with Crippen LogP contribution in [0.3, 0.4) is 0 Å². The van der Waals surface area contributed by atoms with Crippen molar-refractivity contribution in [2.45, 2.75) is 25.1 Å². The highest BCUT2D eigenvalue weighted by atomic mass is 35.5. The van der Waals surface area contributed by atoms with E-state index in [0.717, 1.165) is 25.9 Å². The number of rotatable bonds is 3. The van der Waals surface area contributed by atoms with Crippen molar-refractivity contribution in [3.05, 3.63) is 35.5 Å². The molecule has 2 aliphatic rings. The molecule has 1 N–H and O–H groups in total. The molecular formula is C21H24ClF3N4O. The number of hydrogen-bond acceptors (Lipinski definition) is 4. The Morgan fingerprint density at radius 3 is 2.63 bits per heavy atom. The van der Waals surface area contributed by atoms with Crippen molar-refractivity contribution in [3.8, 4) is 0 Å². The number of nitrogens with zero attached hydrogens (tertiary/aromatic N) is 3. The lowest BCUT2D eigenvalue weighted by molar-refractivity contribution is -0.182. The maximum absolute atomic E-state index is 13.8. The van der Waals surface area contributed by atoms with E-state index in [0.29, 0.717) is 21.6 Å². The first-order valence-electron chi connectivity index (χ1n) is 10.1. The number of carbonyl (C=O) groups excluding carboxylic acids is 1. The second-order valence-corrected chi connectivity index (χ2v) is 8.62. The Labute approximate surface area is 178 Å². The number of fused-ring (bicyclic) bond motifs is 1. The van der Waals surface area contributed by atoms with Crippen LogP contribution in [0, 0.1) is 11.8 Å². The highest BCUT2D eigenvalue weighted by Gasteiger charge is 2.52. The Hall–Kier alpha value is -2.06. The second-order valence-electron chi connectivity index (χ2n) is 8.21. The average Bonchev–Trinajstić information content (AvgIpc) is 3.16. The molecule has 4 rings (SSSR count). The third-order valence-electron chi connectivity index (χ3n) is 6.18. The SMILES string of the molecule is CN1CCC(NC(=O)C2CN(c3ccc(Cl)c4ncccc34)CC2C(F)(F)F)CC1. The molecule has 0 bridgehead atoms. The van der Waals surface area contributed by atoms with Crippen LogP contribution in [-0.4, -0.2) is 61.2 Å². The van der Waals surface area contributed by atoms with Crippen LogP contribution < -0.4 is 10.2 Å². The maximum atomic E-state index is 13.8. The number of piperidine rings is 1. The van der Waals surface area contributed by atoms with Gasteiger partial charge in [0.2, 0.25) is 5.91 Å².